The molecule has 0 unspecified atom stereocenters. The van der Waals surface area contributed by atoms with E-state index < -0.39 is 0 Å². The van der Waals surface area contributed by atoms with Crippen LogP contribution in [0.25, 0.3) is 0 Å². The summed E-state index contributed by atoms with van der Waals surface area (Å²) in [6.45, 7) is 0.915. The van der Waals surface area contributed by atoms with E-state index in [1.165, 1.54) is 10.9 Å². The molecule has 0 N–H and O–H groups in total. The van der Waals surface area contributed by atoms with Crippen LogP contribution in [0.3, 0.4) is 0 Å². The van der Waals surface area contributed by atoms with Gasteiger partial charge in [-0.3, -0.25) is 9.48 Å². The molecule has 0 spiro atoms. The topological polar surface area (TPSA) is 44.1 Å². The van der Waals surface area contributed by atoms with Crippen LogP contribution < -0.4 is 0 Å². The van der Waals surface area contributed by atoms with Crippen LogP contribution in [0.2, 0.25) is 10.0 Å². The zero-order chi connectivity index (χ0) is 13.8. The van der Waals surface area contributed by atoms with Crippen LogP contribution in [0.5, 0.6) is 0 Å². The van der Waals surface area contributed by atoms with Crippen molar-refractivity contribution in [2.75, 3.05) is 13.7 Å². The Kier molecular flexibility index (Phi) is 4.58. The molecule has 0 aliphatic rings. The van der Waals surface area contributed by atoms with Gasteiger partial charge in [0.05, 0.1) is 24.4 Å². The van der Waals surface area contributed by atoms with Gasteiger partial charge >= 0.3 is 0 Å². The van der Waals surface area contributed by atoms with Gasteiger partial charge in [0.15, 0.2) is 0 Å². The lowest BCUT2D eigenvalue weighted by atomic mass is 10.1. The Bertz CT molecular complexity index is 596. The third kappa shape index (κ3) is 3.15. The van der Waals surface area contributed by atoms with Gasteiger partial charge in [0.2, 0.25) is 5.78 Å². The Labute approximate surface area is 120 Å². The Balaban J connectivity index is 2.35. The van der Waals surface area contributed by atoms with Crippen molar-refractivity contribution in [3.63, 3.8) is 0 Å². The zero-order valence-corrected chi connectivity index (χ0v) is 11.8. The van der Waals surface area contributed by atoms with E-state index in [1.54, 1.807) is 31.4 Å². The summed E-state index contributed by atoms with van der Waals surface area (Å²) in [6, 6.07) is 6.73. The second-order valence-electron chi connectivity index (χ2n) is 3.90. The Morgan fingerprint density at radius 2 is 2.21 bits per heavy atom. The highest BCUT2D eigenvalue weighted by Crippen LogP contribution is 2.21. The number of nitrogens with zero attached hydrogens (tertiary/aromatic N) is 2. The second-order valence-corrected chi connectivity index (χ2v) is 4.74. The lowest BCUT2D eigenvalue weighted by Crippen LogP contribution is -2.14. The van der Waals surface area contributed by atoms with Crippen LogP contribution in [-0.4, -0.2) is 29.3 Å². The Hall–Kier alpha value is -1.36. The normalized spacial score (nSPS) is 10.7. The lowest BCUT2D eigenvalue weighted by Gasteiger charge is -2.07. The molecule has 0 fully saturated rings. The van der Waals surface area contributed by atoms with Gasteiger partial charge in [-0.25, -0.2) is 0 Å². The van der Waals surface area contributed by atoms with Gasteiger partial charge in [-0.2, -0.15) is 5.10 Å². The van der Waals surface area contributed by atoms with Gasteiger partial charge in [-0.05, 0) is 12.1 Å². The van der Waals surface area contributed by atoms with E-state index in [9.17, 15) is 4.79 Å². The number of carbonyl (C=O) groups excluding carboxylic acids is 1. The molecule has 0 saturated carbocycles. The monoisotopic (exact) mass is 298 g/mol. The van der Waals surface area contributed by atoms with Crippen LogP contribution in [0.1, 0.15) is 16.1 Å². The number of rotatable bonds is 5. The fourth-order valence-electron chi connectivity index (χ4n) is 1.70. The first-order valence-corrected chi connectivity index (χ1v) is 6.39. The van der Waals surface area contributed by atoms with Gasteiger partial charge in [-0.15, -0.1) is 0 Å². The predicted octanol–water partition coefficient (Wildman–Crippen LogP) is 3.07. The third-order valence-electron chi connectivity index (χ3n) is 2.60. The fraction of sp³-hybridized carbons (Fsp3) is 0.231. The summed E-state index contributed by atoms with van der Waals surface area (Å²) >= 11 is 11.9. The number of aromatic nitrogens is 2. The highest BCUT2D eigenvalue weighted by Gasteiger charge is 2.19. The van der Waals surface area contributed by atoms with Crippen LogP contribution in [0, 0.1) is 0 Å². The number of ether oxygens (including phenoxy) is 1. The summed E-state index contributed by atoms with van der Waals surface area (Å²) in [4.78, 5) is 12.4. The number of hydrogen-bond donors (Lipinski definition) is 0. The van der Waals surface area contributed by atoms with Crippen molar-refractivity contribution < 1.29 is 9.53 Å². The summed E-state index contributed by atoms with van der Waals surface area (Å²) in [6.07, 6.45) is 1.45. The first-order chi connectivity index (χ1) is 9.13. The van der Waals surface area contributed by atoms with Gasteiger partial charge in [0, 0.05) is 17.7 Å². The van der Waals surface area contributed by atoms with Crippen LogP contribution in [-0.2, 0) is 11.3 Å². The molecule has 4 nitrogen and oxygen atoms in total. The molecule has 0 aliphatic heterocycles. The molecule has 100 valence electrons. The van der Waals surface area contributed by atoms with Crippen LogP contribution >= 0.6 is 23.2 Å². The largest absolute Gasteiger partial charge is 0.383 e. The van der Waals surface area contributed by atoms with Gasteiger partial charge in [0.1, 0.15) is 5.69 Å². The van der Waals surface area contributed by atoms with E-state index >= 15 is 0 Å². The van der Waals surface area contributed by atoms with Crippen molar-refractivity contribution in [3.05, 3.63) is 51.8 Å². The molecule has 0 bridgehead atoms. The van der Waals surface area contributed by atoms with E-state index in [1.807, 2.05) is 0 Å². The third-order valence-corrected chi connectivity index (χ3v) is 3.12. The van der Waals surface area contributed by atoms with Crippen molar-refractivity contribution in [1.82, 2.24) is 9.78 Å². The second kappa shape index (κ2) is 6.19. The molecular formula is C13H12Cl2N2O2. The van der Waals surface area contributed by atoms with E-state index in [0.29, 0.717) is 34.5 Å². The minimum Gasteiger partial charge on any atom is -0.383 e. The highest BCUT2D eigenvalue weighted by molar-refractivity contribution is 6.35. The number of carbonyl (C=O) groups is 1. The first-order valence-electron chi connectivity index (χ1n) is 5.64. The summed E-state index contributed by atoms with van der Waals surface area (Å²) in [5.41, 5.74) is 0.828. The number of halogens is 2. The minimum absolute atomic E-state index is 0.207. The Morgan fingerprint density at radius 1 is 1.42 bits per heavy atom. The van der Waals surface area contributed by atoms with Gasteiger partial charge in [-0.1, -0.05) is 35.3 Å². The molecule has 0 saturated heterocycles. The molecule has 0 radical (unpaired) electrons. The van der Waals surface area contributed by atoms with E-state index in [4.69, 9.17) is 27.9 Å². The van der Waals surface area contributed by atoms with Gasteiger partial charge < -0.3 is 4.74 Å². The average molecular weight is 299 g/mol. The van der Waals surface area contributed by atoms with Crippen LogP contribution in [0.15, 0.2) is 30.5 Å². The standard InChI is InChI=1S/C13H12Cl2N2O2/c1-19-6-5-17-12(11(15)8-16-17)13(18)9-3-2-4-10(14)7-9/h2-4,7-8H,5-6H2,1H3. The number of ketones is 1. The zero-order valence-electron chi connectivity index (χ0n) is 10.3. The van der Waals surface area contributed by atoms with Crippen LogP contribution in [0.4, 0.5) is 0 Å². The first kappa shape index (κ1) is 14.1. The minimum atomic E-state index is -0.207. The summed E-state index contributed by atoms with van der Waals surface area (Å²) < 4.78 is 6.52. The quantitative estimate of drug-likeness (QED) is 0.797. The predicted molar refractivity (Wildman–Crippen MR) is 74.0 cm³/mol. The molecule has 1 heterocycles. The number of methoxy groups -OCH3 is 1. The summed E-state index contributed by atoms with van der Waals surface area (Å²) in [7, 11) is 1.59. The maximum absolute atomic E-state index is 12.4. The molecular weight excluding hydrogens is 287 g/mol. The van der Waals surface area contributed by atoms with Crippen molar-refractivity contribution in [1.29, 1.82) is 0 Å². The molecule has 0 amide bonds. The lowest BCUT2D eigenvalue weighted by molar-refractivity contribution is 0.102. The SMILES string of the molecule is COCCn1ncc(Cl)c1C(=O)c1cccc(Cl)c1. The highest BCUT2D eigenvalue weighted by atomic mass is 35.5. The maximum Gasteiger partial charge on any atom is 0.212 e. The fourth-order valence-corrected chi connectivity index (χ4v) is 2.12. The summed E-state index contributed by atoms with van der Waals surface area (Å²) in [5.74, 6) is -0.207. The van der Waals surface area contributed by atoms with E-state index in [0.717, 1.165) is 0 Å². The van der Waals surface area contributed by atoms with Crippen molar-refractivity contribution in [3.8, 4) is 0 Å². The molecule has 1 aromatic carbocycles. The van der Waals surface area contributed by atoms with Gasteiger partial charge in [0.25, 0.3) is 0 Å². The molecule has 6 heteroatoms. The molecule has 2 rings (SSSR count). The maximum atomic E-state index is 12.4. The van der Waals surface area contributed by atoms with Crippen molar-refractivity contribution in [2.24, 2.45) is 0 Å². The van der Waals surface area contributed by atoms with E-state index in [-0.39, 0.29) is 5.78 Å². The molecule has 19 heavy (non-hydrogen) atoms. The smallest absolute Gasteiger partial charge is 0.212 e. The van der Waals surface area contributed by atoms with Crippen molar-refractivity contribution >= 4 is 29.0 Å². The van der Waals surface area contributed by atoms with Crippen molar-refractivity contribution in [2.45, 2.75) is 6.54 Å². The number of hydrogen-bond acceptors (Lipinski definition) is 3. The molecule has 2 aromatic rings. The summed E-state index contributed by atoms with van der Waals surface area (Å²) in [5, 5.41) is 4.90. The molecule has 1 aromatic heterocycles. The average Bonchev–Trinajstić information content (AvgIpc) is 2.76. The van der Waals surface area contributed by atoms with E-state index in [2.05, 4.69) is 5.10 Å². The molecule has 0 aliphatic carbocycles. The number of benzene rings is 1. The Morgan fingerprint density at radius 3 is 2.89 bits per heavy atom. The molecule has 0 atom stereocenters.